The van der Waals surface area contributed by atoms with Crippen molar-refractivity contribution in [3.05, 3.63) is 22.8 Å². The molecule has 0 amide bonds. The van der Waals surface area contributed by atoms with Crippen molar-refractivity contribution < 1.29 is 4.74 Å². The molecule has 2 heterocycles. The fourth-order valence-corrected chi connectivity index (χ4v) is 2.99. The summed E-state index contributed by atoms with van der Waals surface area (Å²) in [5.41, 5.74) is -0.145. The Labute approximate surface area is 119 Å². The molecule has 1 aliphatic heterocycles. The summed E-state index contributed by atoms with van der Waals surface area (Å²) in [6.45, 7) is 5.95. The monoisotopic (exact) mass is 362 g/mol. The predicted octanol–water partition coefficient (Wildman–Crippen LogP) is 3.22. The Hall–Kier alpha value is -0.130. The van der Waals surface area contributed by atoms with E-state index in [-0.39, 0.29) is 11.7 Å². The van der Waals surface area contributed by atoms with Crippen molar-refractivity contribution in [2.75, 3.05) is 23.3 Å². The summed E-state index contributed by atoms with van der Waals surface area (Å²) in [6, 6.07) is 3.95. The minimum absolute atomic E-state index is 0.145. The molecule has 0 aromatic carbocycles. The maximum absolute atomic E-state index is 5.98. The van der Waals surface area contributed by atoms with E-state index in [2.05, 4.69) is 55.6 Å². The summed E-state index contributed by atoms with van der Waals surface area (Å²) in [5.74, 6) is 0.995. The Morgan fingerprint density at radius 3 is 3.00 bits per heavy atom. The second-order valence-corrected chi connectivity index (χ2v) is 6.35. The molecule has 0 saturated carbocycles. The van der Waals surface area contributed by atoms with E-state index in [9.17, 15) is 0 Å². The van der Waals surface area contributed by atoms with Gasteiger partial charge in [0, 0.05) is 24.6 Å². The van der Waals surface area contributed by atoms with E-state index in [1.54, 1.807) is 0 Å². The summed E-state index contributed by atoms with van der Waals surface area (Å²) in [5, 5.41) is 0.845. The maximum atomic E-state index is 5.98. The van der Waals surface area contributed by atoms with Gasteiger partial charge in [0.25, 0.3) is 0 Å². The number of anilines is 1. The van der Waals surface area contributed by atoms with Gasteiger partial charge in [-0.2, -0.15) is 0 Å². The van der Waals surface area contributed by atoms with Gasteiger partial charge in [-0.3, -0.25) is 0 Å². The lowest BCUT2D eigenvalue weighted by Crippen LogP contribution is -2.53. The van der Waals surface area contributed by atoms with E-state index in [0.29, 0.717) is 0 Å². The van der Waals surface area contributed by atoms with E-state index in [4.69, 9.17) is 4.74 Å². The van der Waals surface area contributed by atoms with Crippen molar-refractivity contribution >= 4 is 37.7 Å². The highest BCUT2D eigenvalue weighted by atomic mass is 79.9. The molecule has 1 fully saturated rings. The van der Waals surface area contributed by atoms with Gasteiger partial charge in [0.15, 0.2) is 0 Å². The van der Waals surface area contributed by atoms with Crippen LogP contribution in [0.3, 0.4) is 0 Å². The quantitative estimate of drug-likeness (QED) is 0.754. The number of rotatable bonds is 2. The Balaban J connectivity index is 2.24. The summed E-state index contributed by atoms with van der Waals surface area (Å²) < 4.78 is 7.02. The van der Waals surface area contributed by atoms with Gasteiger partial charge in [0.05, 0.1) is 16.2 Å². The van der Waals surface area contributed by atoms with Crippen molar-refractivity contribution in [1.29, 1.82) is 0 Å². The van der Waals surface area contributed by atoms with Crippen LogP contribution in [0.25, 0.3) is 0 Å². The van der Waals surface area contributed by atoms with Crippen LogP contribution in [0.1, 0.15) is 13.8 Å². The largest absolute Gasteiger partial charge is 0.368 e. The molecule has 17 heavy (non-hydrogen) atoms. The number of morpholine rings is 1. The number of nitrogens with zero attached hydrogens (tertiary/aromatic N) is 2. The Morgan fingerprint density at radius 2 is 2.35 bits per heavy atom. The van der Waals surface area contributed by atoms with Crippen LogP contribution in [0.15, 0.2) is 22.8 Å². The first-order valence-corrected chi connectivity index (χ1v) is 7.52. The zero-order valence-electron chi connectivity index (χ0n) is 9.99. The lowest BCUT2D eigenvalue weighted by atomic mass is 10.1. The van der Waals surface area contributed by atoms with Crippen molar-refractivity contribution in [3.8, 4) is 0 Å². The molecule has 1 atom stereocenters. The van der Waals surface area contributed by atoms with Gasteiger partial charge in [0.1, 0.15) is 5.82 Å². The average Bonchev–Trinajstić information content (AvgIpc) is 2.27. The highest BCUT2D eigenvalue weighted by molar-refractivity contribution is 9.10. The zero-order valence-corrected chi connectivity index (χ0v) is 13.2. The second-order valence-electron chi connectivity index (χ2n) is 4.84. The van der Waals surface area contributed by atoms with Crippen LogP contribution < -0.4 is 4.90 Å². The van der Waals surface area contributed by atoms with E-state index in [0.717, 1.165) is 28.7 Å². The van der Waals surface area contributed by atoms with Gasteiger partial charge < -0.3 is 9.64 Å². The number of halogens is 2. The predicted molar refractivity (Wildman–Crippen MR) is 76.9 cm³/mol. The molecule has 3 nitrogen and oxygen atoms in total. The smallest absolute Gasteiger partial charge is 0.143 e. The number of pyridine rings is 1. The van der Waals surface area contributed by atoms with Crippen molar-refractivity contribution in [3.63, 3.8) is 0 Å². The third-order valence-corrected chi connectivity index (χ3v) is 4.03. The van der Waals surface area contributed by atoms with Crippen molar-refractivity contribution in [2.45, 2.75) is 25.6 Å². The van der Waals surface area contributed by atoms with Crippen LogP contribution in [-0.4, -0.2) is 35.1 Å². The highest BCUT2D eigenvalue weighted by Gasteiger charge is 2.33. The number of hydrogen-bond acceptors (Lipinski definition) is 3. The van der Waals surface area contributed by atoms with Crippen LogP contribution in [0.2, 0.25) is 0 Å². The molecule has 0 spiro atoms. The molecule has 0 N–H and O–H groups in total. The summed E-state index contributed by atoms with van der Waals surface area (Å²) in [4.78, 5) is 6.72. The van der Waals surface area contributed by atoms with Crippen molar-refractivity contribution in [2.24, 2.45) is 0 Å². The Morgan fingerprint density at radius 1 is 1.59 bits per heavy atom. The average molecular weight is 364 g/mol. The van der Waals surface area contributed by atoms with Crippen LogP contribution in [0.4, 0.5) is 5.82 Å². The fraction of sp³-hybridized carbons (Fsp3) is 0.583. The molecule has 1 aliphatic rings. The number of aromatic nitrogens is 1. The van der Waals surface area contributed by atoms with E-state index < -0.39 is 0 Å². The molecule has 94 valence electrons. The van der Waals surface area contributed by atoms with E-state index in [1.165, 1.54) is 0 Å². The maximum Gasteiger partial charge on any atom is 0.143 e. The summed E-state index contributed by atoms with van der Waals surface area (Å²) in [6.07, 6.45) is 2.03. The van der Waals surface area contributed by atoms with Gasteiger partial charge in [0.2, 0.25) is 0 Å². The topological polar surface area (TPSA) is 25.4 Å². The van der Waals surface area contributed by atoms with Crippen LogP contribution in [0, 0.1) is 0 Å². The number of alkyl halides is 1. The molecule has 1 aromatic rings. The number of hydrogen-bond donors (Lipinski definition) is 0. The SMILES string of the molecule is CC1(C)CN(c2ncccc2Br)CC(CBr)O1. The van der Waals surface area contributed by atoms with Gasteiger partial charge >= 0.3 is 0 Å². The van der Waals surface area contributed by atoms with Gasteiger partial charge in [-0.15, -0.1) is 0 Å². The van der Waals surface area contributed by atoms with Gasteiger partial charge in [-0.05, 0) is 41.9 Å². The third-order valence-electron chi connectivity index (χ3n) is 2.69. The molecule has 1 unspecified atom stereocenters. The first kappa shape index (κ1) is 13.3. The van der Waals surface area contributed by atoms with Crippen molar-refractivity contribution in [1.82, 2.24) is 4.98 Å². The lowest BCUT2D eigenvalue weighted by molar-refractivity contribution is -0.0726. The lowest BCUT2D eigenvalue weighted by Gasteiger charge is -2.43. The molecular weight excluding hydrogens is 348 g/mol. The minimum atomic E-state index is -0.145. The Kier molecular flexibility index (Phi) is 4.10. The molecule has 0 bridgehead atoms. The highest BCUT2D eigenvalue weighted by Crippen LogP contribution is 2.29. The third kappa shape index (κ3) is 3.20. The van der Waals surface area contributed by atoms with E-state index >= 15 is 0 Å². The van der Waals surface area contributed by atoms with Gasteiger partial charge in [-0.25, -0.2) is 4.98 Å². The molecule has 0 radical (unpaired) electrons. The molecule has 1 saturated heterocycles. The first-order valence-electron chi connectivity index (χ1n) is 5.61. The fourth-order valence-electron chi connectivity index (χ4n) is 2.15. The minimum Gasteiger partial charge on any atom is -0.368 e. The summed E-state index contributed by atoms with van der Waals surface area (Å²) >= 11 is 7.05. The molecular formula is C12H16Br2N2O. The second kappa shape index (κ2) is 5.24. The first-order chi connectivity index (χ1) is 8.02. The van der Waals surface area contributed by atoms with Crippen LogP contribution >= 0.6 is 31.9 Å². The van der Waals surface area contributed by atoms with Gasteiger partial charge in [-0.1, -0.05) is 15.9 Å². The zero-order chi connectivity index (χ0) is 12.5. The molecule has 1 aromatic heterocycles. The summed E-state index contributed by atoms with van der Waals surface area (Å²) in [7, 11) is 0. The molecule has 2 rings (SSSR count). The Bertz CT molecular complexity index is 398. The standard InChI is InChI=1S/C12H16Br2N2O/c1-12(2)8-16(7-9(6-13)17-12)11-10(14)4-3-5-15-11/h3-5,9H,6-8H2,1-2H3. The molecule has 5 heteroatoms. The van der Waals surface area contributed by atoms with Crippen LogP contribution in [-0.2, 0) is 4.74 Å². The van der Waals surface area contributed by atoms with E-state index in [1.807, 2.05) is 18.3 Å². The molecule has 0 aliphatic carbocycles. The number of ether oxygens (including phenoxy) is 1. The normalized spacial score (nSPS) is 23.8. The van der Waals surface area contributed by atoms with Crippen LogP contribution in [0.5, 0.6) is 0 Å².